The summed E-state index contributed by atoms with van der Waals surface area (Å²) in [5, 5.41) is 0.284. The summed E-state index contributed by atoms with van der Waals surface area (Å²) in [5.74, 6) is 0.711. The van der Waals surface area contributed by atoms with Crippen LogP contribution in [0.5, 0.6) is 5.88 Å². The first-order valence-electron chi connectivity index (χ1n) is 9.18. The third-order valence-corrected chi connectivity index (χ3v) is 5.61. The van der Waals surface area contributed by atoms with E-state index in [0.29, 0.717) is 30.3 Å². The smallest absolute Gasteiger partial charge is 0.434 e. The van der Waals surface area contributed by atoms with E-state index in [-0.39, 0.29) is 35.2 Å². The molecule has 0 spiro atoms. The zero-order valence-corrected chi connectivity index (χ0v) is 16.2. The molecule has 10 heteroatoms. The van der Waals surface area contributed by atoms with Gasteiger partial charge in [-0.05, 0) is 43.7 Å². The summed E-state index contributed by atoms with van der Waals surface area (Å²) in [4.78, 5) is 26.1. The molecule has 29 heavy (non-hydrogen) atoms. The van der Waals surface area contributed by atoms with Crippen molar-refractivity contribution in [2.24, 2.45) is 11.8 Å². The first-order valence-corrected chi connectivity index (χ1v) is 9.56. The van der Waals surface area contributed by atoms with Crippen LogP contribution in [0.15, 0.2) is 24.5 Å². The number of hydrogen-bond acceptors (Lipinski definition) is 5. The number of nitrogens with zero attached hydrogens (tertiary/aromatic N) is 4. The molecule has 2 aromatic rings. The van der Waals surface area contributed by atoms with Crippen molar-refractivity contribution in [3.63, 3.8) is 0 Å². The van der Waals surface area contributed by atoms with Crippen LogP contribution in [0.4, 0.5) is 13.2 Å². The van der Waals surface area contributed by atoms with Gasteiger partial charge < -0.3 is 9.64 Å². The summed E-state index contributed by atoms with van der Waals surface area (Å²) < 4.78 is 43.4. The van der Waals surface area contributed by atoms with Crippen LogP contribution in [0, 0.1) is 18.8 Å². The molecule has 0 radical (unpaired) electrons. The Morgan fingerprint density at radius 2 is 2.03 bits per heavy atom. The lowest BCUT2D eigenvalue weighted by Gasteiger charge is -2.35. The van der Waals surface area contributed by atoms with Gasteiger partial charge in [-0.3, -0.25) is 4.79 Å². The van der Waals surface area contributed by atoms with Crippen molar-refractivity contribution in [1.29, 1.82) is 0 Å². The molecular formula is C19H18ClF3N4O2. The molecule has 1 aliphatic carbocycles. The van der Waals surface area contributed by atoms with Crippen molar-refractivity contribution in [3.05, 3.63) is 46.6 Å². The molecule has 2 aliphatic rings. The van der Waals surface area contributed by atoms with Crippen molar-refractivity contribution in [3.8, 4) is 5.88 Å². The van der Waals surface area contributed by atoms with Crippen LogP contribution in [0.1, 0.15) is 34.7 Å². The average Bonchev–Trinajstić information content (AvgIpc) is 3.45. The maximum absolute atomic E-state index is 13.1. The van der Waals surface area contributed by atoms with E-state index in [4.69, 9.17) is 16.3 Å². The molecule has 2 fully saturated rings. The van der Waals surface area contributed by atoms with Gasteiger partial charge in [0, 0.05) is 12.2 Å². The fraction of sp³-hybridized carbons (Fsp3) is 0.474. The molecule has 2 aromatic heterocycles. The van der Waals surface area contributed by atoms with Crippen LogP contribution in [0.2, 0.25) is 5.02 Å². The third kappa shape index (κ3) is 4.29. The van der Waals surface area contributed by atoms with Crippen LogP contribution >= 0.6 is 11.6 Å². The van der Waals surface area contributed by atoms with E-state index in [1.807, 2.05) is 0 Å². The first kappa shape index (κ1) is 19.9. The predicted octanol–water partition coefficient (Wildman–Crippen LogP) is 3.78. The number of aromatic nitrogens is 3. The molecule has 3 atom stereocenters. The zero-order valence-electron chi connectivity index (χ0n) is 15.5. The van der Waals surface area contributed by atoms with E-state index in [9.17, 15) is 18.0 Å². The summed E-state index contributed by atoms with van der Waals surface area (Å²) in [6.45, 7) is 2.48. The Kier molecular flexibility index (Phi) is 5.10. The highest BCUT2D eigenvalue weighted by Crippen LogP contribution is 2.47. The fourth-order valence-corrected chi connectivity index (χ4v) is 3.84. The Morgan fingerprint density at radius 3 is 2.72 bits per heavy atom. The lowest BCUT2D eigenvalue weighted by atomic mass is 10.0. The Hall–Kier alpha value is -2.42. The standard InChI is InChI=1S/C19H18ClF3N4O2/c1-10-2-3-14(20)17(26-10)18(28)27-8-12-4-11(12)5-13(27)9-29-16-7-24-15(6-25-16)19(21,22)23/h2-3,6-7,11-13H,4-5,8-9H2,1H3/t11-,12+,13+/m1/s1. The molecule has 1 saturated carbocycles. The molecule has 1 saturated heterocycles. The molecule has 1 aliphatic heterocycles. The minimum atomic E-state index is -4.56. The number of fused-ring (bicyclic) bond motifs is 1. The monoisotopic (exact) mass is 426 g/mol. The van der Waals surface area contributed by atoms with Gasteiger partial charge in [0.1, 0.15) is 12.3 Å². The number of amides is 1. The number of carbonyl (C=O) groups excluding carboxylic acids is 1. The number of carbonyl (C=O) groups is 1. The van der Waals surface area contributed by atoms with Crippen LogP contribution in [-0.2, 0) is 6.18 Å². The average molecular weight is 427 g/mol. The lowest BCUT2D eigenvalue weighted by Crippen LogP contribution is -2.48. The van der Waals surface area contributed by atoms with Crippen molar-refractivity contribution in [1.82, 2.24) is 19.9 Å². The lowest BCUT2D eigenvalue weighted by molar-refractivity contribution is -0.141. The predicted molar refractivity (Wildman–Crippen MR) is 97.6 cm³/mol. The number of pyridine rings is 1. The maximum Gasteiger partial charge on any atom is 0.434 e. The molecule has 0 unspecified atom stereocenters. The minimum absolute atomic E-state index is 0.0185. The summed E-state index contributed by atoms with van der Waals surface area (Å²) >= 11 is 6.18. The van der Waals surface area contributed by atoms with Gasteiger partial charge in [0.25, 0.3) is 5.91 Å². The van der Waals surface area contributed by atoms with Crippen LogP contribution in [0.25, 0.3) is 0 Å². The quantitative estimate of drug-likeness (QED) is 0.744. The molecule has 0 aromatic carbocycles. The molecule has 6 nitrogen and oxygen atoms in total. The van der Waals surface area contributed by atoms with E-state index < -0.39 is 11.9 Å². The van der Waals surface area contributed by atoms with E-state index >= 15 is 0 Å². The highest BCUT2D eigenvalue weighted by molar-refractivity contribution is 6.33. The molecule has 3 heterocycles. The Balaban J connectivity index is 1.48. The number of hydrogen-bond donors (Lipinski definition) is 0. The maximum atomic E-state index is 13.1. The fourth-order valence-electron chi connectivity index (χ4n) is 3.65. The number of ether oxygens (including phenoxy) is 1. The third-order valence-electron chi connectivity index (χ3n) is 5.31. The van der Waals surface area contributed by atoms with E-state index in [2.05, 4.69) is 15.0 Å². The molecule has 0 bridgehead atoms. The van der Waals surface area contributed by atoms with Gasteiger partial charge >= 0.3 is 6.18 Å². The van der Waals surface area contributed by atoms with Gasteiger partial charge in [-0.15, -0.1) is 0 Å². The highest BCUT2D eigenvalue weighted by Gasteiger charge is 2.47. The van der Waals surface area contributed by atoms with Crippen molar-refractivity contribution < 1.29 is 22.7 Å². The summed E-state index contributed by atoms with van der Waals surface area (Å²) in [7, 11) is 0. The topological polar surface area (TPSA) is 68.2 Å². The number of piperidine rings is 1. The second kappa shape index (κ2) is 7.44. The molecule has 4 rings (SSSR count). The van der Waals surface area contributed by atoms with Gasteiger partial charge in [0.15, 0.2) is 5.69 Å². The first-order chi connectivity index (χ1) is 13.7. The molecular weight excluding hydrogens is 409 g/mol. The van der Waals surface area contributed by atoms with Gasteiger partial charge in [0.2, 0.25) is 5.88 Å². The number of rotatable bonds is 4. The van der Waals surface area contributed by atoms with Gasteiger partial charge in [-0.25, -0.2) is 15.0 Å². The van der Waals surface area contributed by atoms with E-state index in [1.165, 1.54) is 0 Å². The Morgan fingerprint density at radius 1 is 1.24 bits per heavy atom. The summed E-state index contributed by atoms with van der Waals surface area (Å²) in [5.41, 5.74) is -0.197. The molecule has 154 valence electrons. The summed E-state index contributed by atoms with van der Waals surface area (Å²) in [6, 6.07) is 3.13. The van der Waals surface area contributed by atoms with Gasteiger partial charge in [-0.2, -0.15) is 13.2 Å². The van der Waals surface area contributed by atoms with Crippen molar-refractivity contribution in [2.45, 2.75) is 32.0 Å². The number of likely N-dealkylation sites (tertiary alicyclic amines) is 1. The normalized spacial score (nSPS) is 23.5. The van der Waals surface area contributed by atoms with Crippen molar-refractivity contribution >= 4 is 17.5 Å². The summed E-state index contributed by atoms with van der Waals surface area (Å²) in [6.07, 6.45) is -1.17. The molecule has 1 amide bonds. The minimum Gasteiger partial charge on any atom is -0.474 e. The Labute approximate surface area is 170 Å². The van der Waals surface area contributed by atoms with E-state index in [0.717, 1.165) is 19.0 Å². The second-order valence-electron chi connectivity index (χ2n) is 7.43. The van der Waals surface area contributed by atoms with Crippen LogP contribution in [-0.4, -0.2) is 45.0 Å². The molecule has 0 N–H and O–H groups in total. The van der Waals surface area contributed by atoms with Gasteiger partial charge in [0.05, 0.1) is 23.5 Å². The SMILES string of the molecule is Cc1ccc(Cl)c(C(=O)N2C[C@@H]3C[C@@H]3C[C@H]2COc2cnc(C(F)(F)F)cn2)n1. The second-order valence-corrected chi connectivity index (χ2v) is 7.84. The number of halogens is 4. The number of aryl methyl sites for hydroxylation is 1. The van der Waals surface area contributed by atoms with Crippen LogP contribution < -0.4 is 4.74 Å². The highest BCUT2D eigenvalue weighted by atomic mass is 35.5. The largest absolute Gasteiger partial charge is 0.474 e. The van der Waals surface area contributed by atoms with E-state index in [1.54, 1.807) is 24.0 Å². The van der Waals surface area contributed by atoms with Crippen molar-refractivity contribution in [2.75, 3.05) is 13.2 Å². The van der Waals surface area contributed by atoms with Crippen LogP contribution in [0.3, 0.4) is 0 Å². The van der Waals surface area contributed by atoms with Gasteiger partial charge in [-0.1, -0.05) is 11.6 Å². The zero-order chi connectivity index (χ0) is 20.8. The number of alkyl halides is 3. The Bertz CT molecular complexity index is 923.